The number of amides is 1. The number of carbonyl (C=O) groups excluding carboxylic acids is 1. The highest BCUT2D eigenvalue weighted by atomic mass is 16.5. The van der Waals surface area contributed by atoms with Gasteiger partial charge in [-0.05, 0) is 37.3 Å². The summed E-state index contributed by atoms with van der Waals surface area (Å²) in [4.78, 5) is 24.2. The van der Waals surface area contributed by atoms with E-state index in [1.807, 2.05) is 18.3 Å². The number of hydrogen-bond acceptors (Lipinski definition) is 5. The van der Waals surface area contributed by atoms with Gasteiger partial charge in [0.15, 0.2) is 0 Å². The molecular formula is C18H23N5O2. The van der Waals surface area contributed by atoms with E-state index >= 15 is 0 Å². The van der Waals surface area contributed by atoms with E-state index in [0.717, 1.165) is 36.3 Å². The number of nitrogens with one attached hydrogen (secondary N) is 3. The Bertz CT molecular complexity index is 713. The van der Waals surface area contributed by atoms with Gasteiger partial charge in [0.1, 0.15) is 12.1 Å². The zero-order valence-electron chi connectivity index (χ0n) is 14.1. The highest BCUT2D eigenvalue weighted by Crippen LogP contribution is 2.37. The lowest BCUT2D eigenvalue weighted by Gasteiger charge is -2.33. The van der Waals surface area contributed by atoms with Crippen LogP contribution in [0, 0.1) is 0 Å². The first-order chi connectivity index (χ1) is 12.3. The molecule has 7 heteroatoms. The van der Waals surface area contributed by atoms with Crippen LogP contribution in [-0.4, -0.2) is 46.2 Å². The van der Waals surface area contributed by atoms with E-state index in [1.54, 1.807) is 6.20 Å². The summed E-state index contributed by atoms with van der Waals surface area (Å²) in [5.41, 5.74) is 1.85. The smallest absolute Gasteiger partial charge is 0.253 e. The third kappa shape index (κ3) is 3.51. The summed E-state index contributed by atoms with van der Waals surface area (Å²) in [6.07, 6.45) is 9.41. The van der Waals surface area contributed by atoms with Crippen LogP contribution in [0.1, 0.15) is 47.7 Å². The molecule has 3 heterocycles. The molecule has 2 fully saturated rings. The van der Waals surface area contributed by atoms with Crippen molar-refractivity contribution in [2.24, 2.45) is 0 Å². The number of H-pyrrole nitrogens is 1. The number of nitrogens with zero attached hydrogens (tertiary/aromatic N) is 2. The normalized spacial score (nSPS) is 23.7. The Morgan fingerprint density at radius 3 is 2.92 bits per heavy atom. The fourth-order valence-electron chi connectivity index (χ4n) is 3.48. The fourth-order valence-corrected chi connectivity index (χ4v) is 3.48. The summed E-state index contributed by atoms with van der Waals surface area (Å²) in [6.45, 7) is 1.19. The number of aromatic nitrogens is 3. The molecule has 0 bridgehead atoms. The van der Waals surface area contributed by atoms with E-state index in [-0.39, 0.29) is 18.0 Å². The molecule has 2 aromatic heterocycles. The molecule has 4 rings (SSSR count). The lowest BCUT2D eigenvalue weighted by Crippen LogP contribution is -2.52. The van der Waals surface area contributed by atoms with Gasteiger partial charge in [0.2, 0.25) is 0 Å². The zero-order chi connectivity index (χ0) is 17.1. The van der Waals surface area contributed by atoms with Crippen LogP contribution in [0.5, 0.6) is 0 Å². The van der Waals surface area contributed by atoms with E-state index in [0.29, 0.717) is 19.1 Å². The largest absolute Gasteiger partial charge is 0.379 e. The number of aromatic amines is 1. The predicted octanol–water partition coefficient (Wildman–Crippen LogP) is 2.07. The third-order valence-electron chi connectivity index (χ3n) is 5.13. The van der Waals surface area contributed by atoms with Crippen molar-refractivity contribution >= 4 is 11.7 Å². The standard InChI is InChI=1S/C18H23N5O2/c24-18(13-4-8-20-17(13)12-2-1-3-12)23-14-6-9-25-10-15(14)22-16-5-7-19-11-21-16/h4-5,7-8,11-12,14-15,20H,1-3,6,9-10H2,(H,23,24)(H,19,21,22)/t14-,15+/m0/s1. The Kier molecular flexibility index (Phi) is 4.65. The van der Waals surface area contributed by atoms with Crippen molar-refractivity contribution in [3.8, 4) is 0 Å². The first-order valence-electron chi connectivity index (χ1n) is 8.89. The molecule has 1 aliphatic carbocycles. The summed E-state index contributed by atoms with van der Waals surface area (Å²) < 4.78 is 5.58. The van der Waals surface area contributed by atoms with Gasteiger partial charge >= 0.3 is 0 Å². The summed E-state index contributed by atoms with van der Waals surface area (Å²) >= 11 is 0. The van der Waals surface area contributed by atoms with Gasteiger partial charge in [0, 0.05) is 24.7 Å². The molecule has 1 amide bonds. The number of carbonyl (C=O) groups is 1. The van der Waals surface area contributed by atoms with Crippen molar-refractivity contribution in [2.75, 3.05) is 18.5 Å². The second-order valence-corrected chi connectivity index (χ2v) is 6.72. The molecule has 132 valence electrons. The fraction of sp³-hybridized carbons (Fsp3) is 0.500. The monoisotopic (exact) mass is 341 g/mol. The molecule has 1 aliphatic heterocycles. The summed E-state index contributed by atoms with van der Waals surface area (Å²) in [7, 11) is 0. The highest BCUT2D eigenvalue weighted by molar-refractivity contribution is 5.95. The summed E-state index contributed by atoms with van der Waals surface area (Å²) in [6, 6.07) is 3.68. The molecule has 1 saturated heterocycles. The van der Waals surface area contributed by atoms with Gasteiger partial charge in [-0.3, -0.25) is 4.79 Å². The minimum absolute atomic E-state index is 0.000330. The van der Waals surface area contributed by atoms with E-state index in [2.05, 4.69) is 25.6 Å². The van der Waals surface area contributed by atoms with Crippen molar-refractivity contribution in [1.82, 2.24) is 20.3 Å². The van der Waals surface area contributed by atoms with E-state index in [9.17, 15) is 4.79 Å². The number of rotatable bonds is 5. The summed E-state index contributed by atoms with van der Waals surface area (Å²) in [5, 5.41) is 6.53. The Balaban J connectivity index is 1.44. The van der Waals surface area contributed by atoms with Gasteiger partial charge in [0.05, 0.1) is 24.3 Å². The minimum atomic E-state index is -0.0151. The first kappa shape index (κ1) is 16.1. The van der Waals surface area contributed by atoms with Crippen LogP contribution in [0.25, 0.3) is 0 Å². The number of ether oxygens (including phenoxy) is 1. The van der Waals surface area contributed by atoms with Crippen LogP contribution < -0.4 is 10.6 Å². The SMILES string of the molecule is O=C(N[C@H]1CCOC[C@H]1Nc1ccncn1)c1cc[nH]c1C1CCC1. The molecule has 0 unspecified atom stereocenters. The molecule has 2 aromatic rings. The Hall–Kier alpha value is -2.41. The first-order valence-corrected chi connectivity index (χ1v) is 8.89. The van der Waals surface area contributed by atoms with E-state index in [1.165, 1.54) is 12.7 Å². The maximum atomic E-state index is 12.8. The predicted molar refractivity (Wildman–Crippen MR) is 93.5 cm³/mol. The van der Waals surface area contributed by atoms with E-state index in [4.69, 9.17) is 4.74 Å². The second-order valence-electron chi connectivity index (χ2n) is 6.72. The minimum Gasteiger partial charge on any atom is -0.379 e. The lowest BCUT2D eigenvalue weighted by atomic mass is 9.81. The molecular weight excluding hydrogens is 318 g/mol. The molecule has 2 atom stereocenters. The quantitative estimate of drug-likeness (QED) is 0.774. The molecule has 0 spiro atoms. The van der Waals surface area contributed by atoms with Crippen LogP contribution in [0.2, 0.25) is 0 Å². The zero-order valence-corrected chi connectivity index (χ0v) is 14.1. The average Bonchev–Trinajstić information content (AvgIpc) is 3.05. The van der Waals surface area contributed by atoms with Crippen LogP contribution in [0.4, 0.5) is 5.82 Å². The van der Waals surface area contributed by atoms with Crippen molar-refractivity contribution in [1.29, 1.82) is 0 Å². The van der Waals surface area contributed by atoms with Gasteiger partial charge in [-0.25, -0.2) is 9.97 Å². The van der Waals surface area contributed by atoms with Gasteiger partial charge < -0.3 is 20.4 Å². The second kappa shape index (κ2) is 7.23. The average molecular weight is 341 g/mol. The lowest BCUT2D eigenvalue weighted by molar-refractivity contribution is 0.0619. The van der Waals surface area contributed by atoms with Gasteiger partial charge in [-0.15, -0.1) is 0 Å². The Labute approximate surface area is 146 Å². The van der Waals surface area contributed by atoms with Crippen LogP contribution in [-0.2, 0) is 4.74 Å². The molecule has 25 heavy (non-hydrogen) atoms. The molecule has 0 aromatic carbocycles. The Morgan fingerprint density at radius 1 is 1.24 bits per heavy atom. The van der Waals surface area contributed by atoms with Crippen LogP contribution in [0.3, 0.4) is 0 Å². The van der Waals surface area contributed by atoms with Crippen molar-refractivity contribution in [3.63, 3.8) is 0 Å². The number of anilines is 1. The van der Waals surface area contributed by atoms with Crippen molar-refractivity contribution in [3.05, 3.63) is 42.1 Å². The summed E-state index contributed by atoms with van der Waals surface area (Å²) in [5.74, 6) is 1.23. The molecule has 7 nitrogen and oxygen atoms in total. The topological polar surface area (TPSA) is 91.9 Å². The Morgan fingerprint density at radius 2 is 2.16 bits per heavy atom. The van der Waals surface area contributed by atoms with Gasteiger partial charge in [-0.2, -0.15) is 0 Å². The molecule has 0 radical (unpaired) electrons. The van der Waals surface area contributed by atoms with Gasteiger partial charge in [-0.1, -0.05) is 6.42 Å². The molecule has 2 aliphatic rings. The number of hydrogen-bond donors (Lipinski definition) is 3. The third-order valence-corrected chi connectivity index (χ3v) is 5.13. The van der Waals surface area contributed by atoms with Crippen LogP contribution >= 0.6 is 0 Å². The van der Waals surface area contributed by atoms with Crippen molar-refractivity contribution < 1.29 is 9.53 Å². The molecule has 1 saturated carbocycles. The molecule has 3 N–H and O–H groups in total. The maximum absolute atomic E-state index is 12.8. The highest BCUT2D eigenvalue weighted by Gasteiger charge is 2.30. The van der Waals surface area contributed by atoms with Crippen molar-refractivity contribution in [2.45, 2.75) is 43.7 Å². The van der Waals surface area contributed by atoms with Crippen LogP contribution in [0.15, 0.2) is 30.9 Å². The van der Waals surface area contributed by atoms with E-state index < -0.39 is 0 Å². The maximum Gasteiger partial charge on any atom is 0.253 e. The van der Waals surface area contributed by atoms with Gasteiger partial charge in [0.25, 0.3) is 5.91 Å².